The van der Waals surface area contributed by atoms with Crippen LogP contribution in [-0.4, -0.2) is 9.97 Å². The van der Waals surface area contributed by atoms with Crippen molar-refractivity contribution in [2.24, 2.45) is 5.92 Å². The molecule has 0 aliphatic heterocycles. The van der Waals surface area contributed by atoms with E-state index in [0.717, 1.165) is 39.2 Å². The second-order valence-corrected chi connectivity index (χ2v) is 12.7. The van der Waals surface area contributed by atoms with Crippen LogP contribution < -0.4 is 0 Å². The zero-order valence-corrected chi connectivity index (χ0v) is 22.1. The van der Waals surface area contributed by atoms with Gasteiger partial charge in [-0.25, -0.2) is 9.97 Å². The lowest BCUT2D eigenvalue weighted by atomic mass is 9.85. The summed E-state index contributed by atoms with van der Waals surface area (Å²) in [5.41, 5.74) is 5.81. The molecule has 0 saturated carbocycles. The van der Waals surface area contributed by atoms with Gasteiger partial charge in [0.15, 0.2) is 0 Å². The zero-order valence-electron chi connectivity index (χ0n) is 20.4. The Bertz CT molecular complexity index is 1710. The molecule has 3 nitrogen and oxygen atoms in total. The van der Waals surface area contributed by atoms with Gasteiger partial charge in [-0.2, -0.15) is 0 Å². The summed E-state index contributed by atoms with van der Waals surface area (Å²) in [6.45, 7) is 13.5. The summed E-state index contributed by atoms with van der Waals surface area (Å²) < 4.78 is 8.85. The molecule has 0 radical (unpaired) electrons. The Hall–Kier alpha value is -2.76. The summed E-state index contributed by atoms with van der Waals surface area (Å²) in [4.78, 5) is 10.5. The molecule has 4 aromatic heterocycles. The van der Waals surface area contributed by atoms with Crippen molar-refractivity contribution in [1.29, 1.82) is 0 Å². The predicted molar refractivity (Wildman–Crippen MR) is 147 cm³/mol. The highest BCUT2D eigenvalue weighted by molar-refractivity contribution is 7.25. The second kappa shape index (κ2) is 7.62. The molecule has 4 heterocycles. The average molecular weight is 485 g/mol. The highest BCUT2D eigenvalue weighted by atomic mass is 32.1. The van der Waals surface area contributed by atoms with E-state index in [0.29, 0.717) is 5.92 Å². The predicted octanol–water partition coefficient (Wildman–Crippen LogP) is 9.28. The molecule has 0 bridgehead atoms. The van der Waals surface area contributed by atoms with Crippen LogP contribution in [0.4, 0.5) is 0 Å². The minimum atomic E-state index is 0.0505. The van der Waals surface area contributed by atoms with Gasteiger partial charge in [-0.05, 0) is 70.5 Å². The molecule has 0 saturated heterocycles. The van der Waals surface area contributed by atoms with Crippen molar-refractivity contribution in [3.8, 4) is 11.3 Å². The van der Waals surface area contributed by atoms with Crippen molar-refractivity contribution in [1.82, 2.24) is 9.97 Å². The molecule has 6 aromatic rings. The molecule has 0 amide bonds. The number of hydrogen-bond donors (Lipinski definition) is 0. The minimum absolute atomic E-state index is 0.0505. The number of fused-ring (bicyclic) bond motifs is 5. The van der Waals surface area contributed by atoms with E-state index in [1.807, 2.05) is 11.3 Å². The minimum Gasteiger partial charge on any atom is -0.461 e. The van der Waals surface area contributed by atoms with Crippen LogP contribution in [0.25, 0.3) is 52.6 Å². The van der Waals surface area contributed by atoms with Gasteiger partial charge in [0.05, 0.1) is 5.69 Å². The molecule has 0 aliphatic carbocycles. The van der Waals surface area contributed by atoms with Crippen LogP contribution in [0.2, 0.25) is 0 Å². The van der Waals surface area contributed by atoms with Gasteiger partial charge in [0.25, 0.3) is 0 Å². The standard InChI is InChI=1S/C29H28N2OS2/c1-15(2)9-22-16(3)19-12-20-24(13-23(19)32-22)34-28-25(20)26(30-14-31-28)18-10-17-7-8-33-27(17)21(11-18)29(4,5)6/h7-8,10-15H,9H2,1-6H3. The molecule has 34 heavy (non-hydrogen) atoms. The van der Waals surface area contributed by atoms with Crippen LogP contribution in [0, 0.1) is 12.8 Å². The molecule has 0 aliphatic rings. The second-order valence-electron chi connectivity index (χ2n) is 10.7. The molecular weight excluding hydrogens is 456 g/mol. The average Bonchev–Trinajstić information content (AvgIpc) is 3.46. The van der Waals surface area contributed by atoms with Crippen LogP contribution in [0.5, 0.6) is 0 Å². The van der Waals surface area contributed by atoms with Crippen LogP contribution >= 0.6 is 22.7 Å². The fraction of sp³-hybridized carbons (Fsp3) is 0.310. The highest BCUT2D eigenvalue weighted by Crippen LogP contribution is 2.43. The Morgan fingerprint density at radius 3 is 2.62 bits per heavy atom. The molecule has 0 fully saturated rings. The number of thiophene rings is 2. The van der Waals surface area contributed by atoms with Crippen molar-refractivity contribution in [3.63, 3.8) is 0 Å². The first-order chi connectivity index (χ1) is 16.2. The van der Waals surface area contributed by atoms with Crippen LogP contribution in [0.3, 0.4) is 0 Å². The van der Waals surface area contributed by atoms with E-state index in [2.05, 4.69) is 82.2 Å². The molecule has 0 N–H and O–H groups in total. The number of aryl methyl sites for hydroxylation is 1. The Labute approximate surface area is 207 Å². The third-order valence-corrected chi connectivity index (χ3v) is 8.68. The molecule has 0 atom stereocenters. The summed E-state index contributed by atoms with van der Waals surface area (Å²) in [5.74, 6) is 1.66. The largest absolute Gasteiger partial charge is 0.461 e. The maximum Gasteiger partial charge on any atom is 0.136 e. The highest BCUT2D eigenvalue weighted by Gasteiger charge is 2.22. The molecule has 2 aromatic carbocycles. The molecule has 6 rings (SSSR count). The maximum atomic E-state index is 6.29. The lowest BCUT2D eigenvalue weighted by Gasteiger charge is -2.21. The Morgan fingerprint density at radius 1 is 1.03 bits per heavy atom. The van der Waals surface area contributed by atoms with E-state index in [-0.39, 0.29) is 5.41 Å². The van der Waals surface area contributed by atoms with E-state index in [1.54, 1.807) is 17.7 Å². The van der Waals surface area contributed by atoms with Gasteiger partial charge in [-0.15, -0.1) is 22.7 Å². The topological polar surface area (TPSA) is 38.9 Å². The first-order valence-electron chi connectivity index (χ1n) is 11.8. The van der Waals surface area contributed by atoms with Crippen molar-refractivity contribution < 1.29 is 4.42 Å². The number of aromatic nitrogens is 2. The third-order valence-electron chi connectivity index (χ3n) is 6.65. The van der Waals surface area contributed by atoms with E-state index >= 15 is 0 Å². The molecule has 0 unspecified atom stereocenters. The first kappa shape index (κ1) is 21.8. The summed E-state index contributed by atoms with van der Waals surface area (Å²) in [6.07, 6.45) is 2.66. The smallest absolute Gasteiger partial charge is 0.136 e. The SMILES string of the molecule is Cc1c(CC(C)C)oc2cc3sc4ncnc(-c5cc(C(C)(C)C)c6sccc6c5)c4c3cc12. The van der Waals surface area contributed by atoms with E-state index in [1.165, 1.54) is 36.7 Å². The van der Waals surface area contributed by atoms with Crippen LogP contribution in [-0.2, 0) is 11.8 Å². The monoisotopic (exact) mass is 484 g/mol. The van der Waals surface area contributed by atoms with Gasteiger partial charge in [-0.3, -0.25) is 0 Å². The van der Waals surface area contributed by atoms with Gasteiger partial charge in [-0.1, -0.05) is 34.6 Å². The third kappa shape index (κ3) is 3.37. The molecule has 172 valence electrons. The Balaban J connectivity index is 1.64. The van der Waals surface area contributed by atoms with Crippen molar-refractivity contribution in [2.45, 2.75) is 53.4 Å². The summed E-state index contributed by atoms with van der Waals surface area (Å²) >= 11 is 3.54. The van der Waals surface area contributed by atoms with E-state index < -0.39 is 0 Å². The van der Waals surface area contributed by atoms with E-state index in [9.17, 15) is 0 Å². The molecule has 5 heteroatoms. The fourth-order valence-corrected chi connectivity index (χ4v) is 7.09. The van der Waals surface area contributed by atoms with E-state index in [4.69, 9.17) is 9.40 Å². The van der Waals surface area contributed by atoms with Crippen molar-refractivity contribution >= 4 is 64.0 Å². The summed E-state index contributed by atoms with van der Waals surface area (Å²) in [7, 11) is 0. The first-order valence-corrected chi connectivity index (χ1v) is 13.5. The number of rotatable bonds is 3. The van der Waals surface area contributed by atoms with Crippen molar-refractivity contribution in [3.05, 3.63) is 58.9 Å². The summed E-state index contributed by atoms with van der Waals surface area (Å²) in [6, 6.07) is 11.3. The number of nitrogens with zero attached hydrogens (tertiary/aromatic N) is 2. The number of furan rings is 1. The van der Waals surface area contributed by atoms with Gasteiger partial charge in [0.2, 0.25) is 0 Å². The van der Waals surface area contributed by atoms with Gasteiger partial charge in [0.1, 0.15) is 22.5 Å². The van der Waals surface area contributed by atoms with Crippen LogP contribution in [0.15, 0.2) is 46.5 Å². The Kier molecular flexibility index (Phi) is 4.88. The number of hydrogen-bond acceptors (Lipinski definition) is 5. The van der Waals surface area contributed by atoms with Gasteiger partial charge in [0, 0.05) is 37.5 Å². The molecule has 0 spiro atoms. The zero-order chi connectivity index (χ0) is 23.8. The lowest BCUT2D eigenvalue weighted by Crippen LogP contribution is -2.11. The fourth-order valence-electron chi connectivity index (χ4n) is 4.93. The van der Waals surface area contributed by atoms with Gasteiger partial charge >= 0.3 is 0 Å². The molecular formula is C29H28N2OS2. The van der Waals surface area contributed by atoms with Crippen LogP contribution in [0.1, 0.15) is 51.5 Å². The quantitative estimate of drug-likeness (QED) is 0.251. The van der Waals surface area contributed by atoms with Crippen molar-refractivity contribution in [2.75, 3.05) is 0 Å². The Morgan fingerprint density at radius 2 is 1.85 bits per heavy atom. The number of benzene rings is 2. The maximum absolute atomic E-state index is 6.29. The summed E-state index contributed by atoms with van der Waals surface area (Å²) in [5, 5.41) is 7.02. The lowest BCUT2D eigenvalue weighted by molar-refractivity contribution is 0.496. The normalized spacial score (nSPS) is 12.8. The van der Waals surface area contributed by atoms with Gasteiger partial charge < -0.3 is 4.42 Å².